The lowest BCUT2D eigenvalue weighted by molar-refractivity contribution is 0.379. The van der Waals surface area contributed by atoms with Crippen molar-refractivity contribution in [3.05, 3.63) is 12.7 Å². The van der Waals surface area contributed by atoms with Crippen molar-refractivity contribution in [2.75, 3.05) is 13.6 Å². The van der Waals surface area contributed by atoms with Crippen molar-refractivity contribution in [3.63, 3.8) is 0 Å². The van der Waals surface area contributed by atoms with Crippen molar-refractivity contribution in [2.45, 2.75) is 45.2 Å². The largest absolute Gasteiger partial charge is 0.316 e. The molecule has 78 valence electrons. The van der Waals surface area contributed by atoms with Gasteiger partial charge in [-0.05, 0) is 40.7 Å². The van der Waals surface area contributed by atoms with E-state index in [0.29, 0.717) is 6.04 Å². The van der Waals surface area contributed by atoms with Crippen LogP contribution in [0.2, 0.25) is 0 Å². The Labute approximate surface area is 82.8 Å². The van der Waals surface area contributed by atoms with Crippen molar-refractivity contribution in [2.24, 2.45) is 0 Å². The molecule has 0 aliphatic rings. The molecule has 2 N–H and O–H groups in total. The highest BCUT2D eigenvalue weighted by Gasteiger charge is 2.11. The Morgan fingerprint density at radius 3 is 2.38 bits per heavy atom. The summed E-state index contributed by atoms with van der Waals surface area (Å²) in [5.41, 5.74) is 0.212. The average Bonchev–Trinajstić information content (AvgIpc) is 2.03. The lowest BCUT2D eigenvalue weighted by Crippen LogP contribution is -2.44. The fourth-order valence-electron chi connectivity index (χ4n) is 1.10. The van der Waals surface area contributed by atoms with Crippen molar-refractivity contribution in [3.8, 4) is 0 Å². The fraction of sp³-hybridized carbons (Fsp3) is 0.818. The molecule has 1 atom stereocenters. The van der Waals surface area contributed by atoms with Gasteiger partial charge in [-0.1, -0.05) is 6.08 Å². The van der Waals surface area contributed by atoms with E-state index in [-0.39, 0.29) is 5.54 Å². The second-order valence-corrected chi connectivity index (χ2v) is 4.48. The monoisotopic (exact) mass is 184 g/mol. The van der Waals surface area contributed by atoms with Crippen LogP contribution in [0.25, 0.3) is 0 Å². The number of rotatable bonds is 6. The smallest absolute Gasteiger partial charge is 0.0192 e. The number of likely N-dealkylation sites (N-methyl/N-ethyl adjacent to an activating group) is 1. The van der Waals surface area contributed by atoms with Crippen LogP contribution in [0.5, 0.6) is 0 Å². The van der Waals surface area contributed by atoms with Gasteiger partial charge in [0, 0.05) is 18.1 Å². The van der Waals surface area contributed by atoms with E-state index in [4.69, 9.17) is 0 Å². The summed E-state index contributed by atoms with van der Waals surface area (Å²) in [5, 5.41) is 6.78. The minimum atomic E-state index is 0.212. The van der Waals surface area contributed by atoms with Crippen LogP contribution in [0.15, 0.2) is 12.7 Å². The van der Waals surface area contributed by atoms with Crippen LogP contribution in [-0.2, 0) is 0 Å². The Morgan fingerprint density at radius 2 is 2.00 bits per heavy atom. The predicted molar refractivity (Wildman–Crippen MR) is 60.0 cm³/mol. The molecular weight excluding hydrogens is 160 g/mol. The Kier molecular flexibility index (Phi) is 6.00. The predicted octanol–water partition coefficient (Wildman–Crippen LogP) is 1.93. The van der Waals surface area contributed by atoms with E-state index in [0.717, 1.165) is 19.4 Å². The van der Waals surface area contributed by atoms with E-state index in [1.165, 1.54) is 0 Å². The second kappa shape index (κ2) is 6.17. The lowest BCUT2D eigenvalue weighted by atomic mass is 10.1. The van der Waals surface area contributed by atoms with E-state index in [1.807, 2.05) is 13.1 Å². The van der Waals surface area contributed by atoms with E-state index >= 15 is 0 Å². The molecule has 0 amide bonds. The summed E-state index contributed by atoms with van der Waals surface area (Å²) in [6.45, 7) is 11.3. The third kappa shape index (κ3) is 8.00. The summed E-state index contributed by atoms with van der Waals surface area (Å²) in [5.74, 6) is 0. The molecule has 2 nitrogen and oxygen atoms in total. The molecule has 0 aliphatic heterocycles. The summed E-state index contributed by atoms with van der Waals surface area (Å²) in [6, 6.07) is 0.553. The van der Waals surface area contributed by atoms with Gasteiger partial charge >= 0.3 is 0 Å². The lowest BCUT2D eigenvalue weighted by Gasteiger charge is -2.24. The Bertz CT molecular complexity index is 136. The normalized spacial score (nSPS) is 14.2. The molecule has 13 heavy (non-hydrogen) atoms. The van der Waals surface area contributed by atoms with E-state index in [9.17, 15) is 0 Å². The van der Waals surface area contributed by atoms with Crippen LogP contribution in [0.4, 0.5) is 0 Å². The summed E-state index contributed by atoms with van der Waals surface area (Å²) >= 11 is 0. The van der Waals surface area contributed by atoms with Crippen molar-refractivity contribution in [1.82, 2.24) is 10.6 Å². The molecule has 0 bridgehead atoms. The molecule has 1 unspecified atom stereocenters. The first-order chi connectivity index (χ1) is 5.99. The Hall–Kier alpha value is -0.340. The third-order valence-electron chi connectivity index (χ3n) is 2.01. The van der Waals surface area contributed by atoms with Crippen LogP contribution in [0.3, 0.4) is 0 Å². The molecule has 0 aromatic heterocycles. The summed E-state index contributed by atoms with van der Waals surface area (Å²) < 4.78 is 0. The zero-order valence-corrected chi connectivity index (χ0v) is 9.48. The van der Waals surface area contributed by atoms with Gasteiger partial charge in [-0.25, -0.2) is 0 Å². The number of hydrogen-bond acceptors (Lipinski definition) is 2. The molecule has 0 fully saturated rings. The standard InChI is InChI=1S/C11H24N2/c1-6-7-8-10(12-5)9-13-11(2,3)4/h6,10,12-13H,1,7-9H2,2-5H3. The minimum absolute atomic E-state index is 0.212. The van der Waals surface area contributed by atoms with Crippen LogP contribution in [0, 0.1) is 0 Å². The van der Waals surface area contributed by atoms with Crippen LogP contribution < -0.4 is 10.6 Å². The molecule has 0 saturated carbocycles. The van der Waals surface area contributed by atoms with Crippen molar-refractivity contribution >= 4 is 0 Å². The zero-order chi connectivity index (χ0) is 10.3. The maximum Gasteiger partial charge on any atom is 0.0192 e. The number of hydrogen-bond donors (Lipinski definition) is 2. The number of nitrogens with one attached hydrogen (secondary N) is 2. The fourth-order valence-corrected chi connectivity index (χ4v) is 1.10. The summed E-state index contributed by atoms with van der Waals surface area (Å²) in [4.78, 5) is 0. The van der Waals surface area contributed by atoms with Crippen LogP contribution in [0.1, 0.15) is 33.6 Å². The minimum Gasteiger partial charge on any atom is -0.316 e. The second-order valence-electron chi connectivity index (χ2n) is 4.48. The third-order valence-corrected chi connectivity index (χ3v) is 2.01. The molecule has 0 aromatic carbocycles. The molecule has 2 heteroatoms. The molecule has 0 rings (SSSR count). The Morgan fingerprint density at radius 1 is 1.38 bits per heavy atom. The van der Waals surface area contributed by atoms with Gasteiger partial charge in [-0.3, -0.25) is 0 Å². The van der Waals surface area contributed by atoms with E-state index < -0.39 is 0 Å². The highest BCUT2D eigenvalue weighted by Crippen LogP contribution is 2.01. The first-order valence-corrected chi connectivity index (χ1v) is 5.03. The van der Waals surface area contributed by atoms with E-state index in [2.05, 4.69) is 38.0 Å². The zero-order valence-electron chi connectivity index (χ0n) is 9.48. The molecule has 0 aromatic rings. The first kappa shape index (κ1) is 12.7. The molecule has 0 radical (unpaired) electrons. The van der Waals surface area contributed by atoms with Gasteiger partial charge < -0.3 is 10.6 Å². The highest BCUT2D eigenvalue weighted by atomic mass is 15.0. The molecule has 0 saturated heterocycles. The van der Waals surface area contributed by atoms with E-state index in [1.54, 1.807) is 0 Å². The van der Waals surface area contributed by atoms with Gasteiger partial charge in [-0.15, -0.1) is 6.58 Å². The Balaban J connectivity index is 3.65. The quantitative estimate of drug-likeness (QED) is 0.616. The van der Waals surface area contributed by atoms with Gasteiger partial charge in [0.1, 0.15) is 0 Å². The van der Waals surface area contributed by atoms with Crippen molar-refractivity contribution < 1.29 is 0 Å². The molecular formula is C11H24N2. The maximum atomic E-state index is 3.73. The molecule has 0 aliphatic carbocycles. The SMILES string of the molecule is C=CCCC(CNC(C)(C)C)NC. The van der Waals surface area contributed by atoms with Gasteiger partial charge in [0.15, 0.2) is 0 Å². The van der Waals surface area contributed by atoms with Crippen LogP contribution >= 0.6 is 0 Å². The van der Waals surface area contributed by atoms with Gasteiger partial charge in [0.25, 0.3) is 0 Å². The summed E-state index contributed by atoms with van der Waals surface area (Å²) in [7, 11) is 2.01. The number of allylic oxidation sites excluding steroid dienone is 1. The topological polar surface area (TPSA) is 24.1 Å². The average molecular weight is 184 g/mol. The summed E-state index contributed by atoms with van der Waals surface area (Å²) in [6.07, 6.45) is 4.21. The van der Waals surface area contributed by atoms with Gasteiger partial charge in [0.05, 0.1) is 0 Å². The first-order valence-electron chi connectivity index (χ1n) is 5.03. The maximum absolute atomic E-state index is 3.73. The highest BCUT2D eigenvalue weighted by molar-refractivity contribution is 4.78. The molecule has 0 heterocycles. The van der Waals surface area contributed by atoms with Gasteiger partial charge in [0.2, 0.25) is 0 Å². The van der Waals surface area contributed by atoms with Crippen LogP contribution in [-0.4, -0.2) is 25.2 Å². The van der Waals surface area contributed by atoms with Gasteiger partial charge in [-0.2, -0.15) is 0 Å². The molecule has 0 spiro atoms. The van der Waals surface area contributed by atoms with Crippen molar-refractivity contribution in [1.29, 1.82) is 0 Å².